The lowest BCUT2D eigenvalue weighted by molar-refractivity contribution is -0.0354. The molecule has 0 bridgehead atoms. The Morgan fingerprint density at radius 3 is 2.47 bits per heavy atom. The van der Waals surface area contributed by atoms with Crippen molar-refractivity contribution in [1.82, 2.24) is 0 Å². The van der Waals surface area contributed by atoms with Gasteiger partial charge in [-0.15, -0.1) is 0 Å². The summed E-state index contributed by atoms with van der Waals surface area (Å²) in [5, 5.41) is 0. The van der Waals surface area contributed by atoms with Gasteiger partial charge in [0.25, 0.3) is 0 Å². The molecule has 0 aromatic heterocycles. The molecular formula is C15H28BNO2. The molecule has 108 valence electrons. The van der Waals surface area contributed by atoms with E-state index in [1.807, 2.05) is 0 Å². The minimum absolute atomic E-state index is 0.0564. The van der Waals surface area contributed by atoms with Gasteiger partial charge in [-0.3, -0.25) is 0 Å². The van der Waals surface area contributed by atoms with E-state index in [4.69, 9.17) is 15.0 Å². The van der Waals surface area contributed by atoms with Crippen LogP contribution in [0.1, 0.15) is 59.3 Å². The molecule has 1 saturated heterocycles. The second-order valence-corrected chi connectivity index (χ2v) is 7.64. The summed E-state index contributed by atoms with van der Waals surface area (Å²) in [5.74, 6) is 1.51. The molecule has 0 radical (unpaired) electrons. The van der Waals surface area contributed by atoms with E-state index in [-0.39, 0.29) is 25.3 Å². The Balaban J connectivity index is 1.55. The van der Waals surface area contributed by atoms with Crippen molar-refractivity contribution in [3.8, 4) is 0 Å². The second kappa shape index (κ2) is 5.05. The summed E-state index contributed by atoms with van der Waals surface area (Å²) in [7, 11) is -0.169. The third-order valence-electron chi connectivity index (χ3n) is 5.78. The van der Waals surface area contributed by atoms with Crippen molar-refractivity contribution in [2.24, 2.45) is 23.0 Å². The van der Waals surface area contributed by atoms with E-state index in [2.05, 4.69) is 20.8 Å². The molecule has 3 rings (SSSR count). The Bertz CT molecular complexity index is 332. The number of nitrogens with two attached hydrogens (primary N) is 1. The summed E-state index contributed by atoms with van der Waals surface area (Å²) in [4.78, 5) is 0. The van der Waals surface area contributed by atoms with Crippen LogP contribution in [0.3, 0.4) is 0 Å². The predicted molar refractivity (Wildman–Crippen MR) is 77.6 cm³/mol. The highest BCUT2D eigenvalue weighted by atomic mass is 16.7. The van der Waals surface area contributed by atoms with Crippen LogP contribution in [-0.4, -0.2) is 25.3 Å². The first-order valence-electron chi connectivity index (χ1n) is 8.04. The molecule has 0 amide bonds. The highest BCUT2D eigenvalue weighted by molar-refractivity contribution is 6.47. The molecule has 3 fully saturated rings. The zero-order valence-electron chi connectivity index (χ0n) is 12.6. The van der Waals surface area contributed by atoms with Crippen LogP contribution in [0.5, 0.6) is 0 Å². The molecule has 1 aliphatic heterocycles. The first-order chi connectivity index (χ1) is 8.97. The molecule has 4 unspecified atom stereocenters. The summed E-state index contributed by atoms with van der Waals surface area (Å²) in [5.41, 5.74) is 6.70. The molecule has 4 heteroatoms. The fourth-order valence-corrected chi connectivity index (χ4v) is 3.93. The van der Waals surface area contributed by atoms with Crippen molar-refractivity contribution >= 4 is 7.12 Å². The maximum absolute atomic E-state index is 6.29. The molecule has 2 aliphatic carbocycles. The van der Waals surface area contributed by atoms with Gasteiger partial charge in [0.1, 0.15) is 0 Å². The van der Waals surface area contributed by atoms with Gasteiger partial charge in [-0.1, -0.05) is 33.1 Å². The van der Waals surface area contributed by atoms with E-state index in [9.17, 15) is 0 Å². The maximum Gasteiger partial charge on any atom is 0.475 e. The lowest BCUT2D eigenvalue weighted by Crippen LogP contribution is -2.47. The molecule has 2 N–H and O–H groups in total. The highest BCUT2D eigenvalue weighted by Crippen LogP contribution is 2.50. The molecule has 0 aromatic rings. The van der Waals surface area contributed by atoms with Crippen LogP contribution in [0.25, 0.3) is 0 Å². The monoisotopic (exact) mass is 265 g/mol. The third-order valence-corrected chi connectivity index (χ3v) is 5.78. The fourth-order valence-electron chi connectivity index (χ4n) is 3.93. The first kappa shape index (κ1) is 13.9. The average Bonchev–Trinajstić information content (AvgIpc) is 2.65. The summed E-state index contributed by atoms with van der Waals surface area (Å²) in [6.07, 6.45) is 8.16. The Morgan fingerprint density at radius 1 is 1.26 bits per heavy atom. The van der Waals surface area contributed by atoms with Gasteiger partial charge in [0.15, 0.2) is 0 Å². The Labute approximate surface area is 117 Å². The predicted octanol–water partition coefficient (Wildman–Crippen LogP) is 2.77. The topological polar surface area (TPSA) is 44.5 Å². The summed E-state index contributed by atoms with van der Waals surface area (Å²) in [6, 6.07) is 0. The number of hydrogen-bond acceptors (Lipinski definition) is 3. The van der Waals surface area contributed by atoms with E-state index in [0.717, 1.165) is 12.3 Å². The Kier molecular flexibility index (Phi) is 3.70. The van der Waals surface area contributed by atoms with Crippen LogP contribution in [-0.2, 0) is 9.31 Å². The zero-order valence-corrected chi connectivity index (χ0v) is 12.6. The van der Waals surface area contributed by atoms with Gasteiger partial charge in [-0.25, -0.2) is 0 Å². The fraction of sp³-hybridized carbons (Fsp3) is 1.00. The van der Waals surface area contributed by atoms with Crippen LogP contribution < -0.4 is 5.73 Å². The molecule has 4 atom stereocenters. The summed E-state index contributed by atoms with van der Waals surface area (Å²) in [6.45, 7) is 6.84. The smallest absolute Gasteiger partial charge is 0.405 e. The van der Waals surface area contributed by atoms with Crippen molar-refractivity contribution in [3.63, 3.8) is 0 Å². The molecule has 2 saturated carbocycles. The molecule has 0 aromatic carbocycles. The minimum atomic E-state index is -0.169. The molecule has 1 heterocycles. The van der Waals surface area contributed by atoms with Crippen molar-refractivity contribution in [2.75, 3.05) is 0 Å². The van der Waals surface area contributed by atoms with Crippen LogP contribution in [0.4, 0.5) is 0 Å². The lowest BCUT2D eigenvalue weighted by atomic mass is 9.59. The molecule has 3 aliphatic rings. The molecular weight excluding hydrogens is 237 g/mol. The first-order valence-corrected chi connectivity index (χ1v) is 8.04. The third kappa shape index (κ3) is 2.59. The minimum Gasteiger partial charge on any atom is -0.405 e. The zero-order chi connectivity index (χ0) is 13.6. The molecule has 0 spiro atoms. The van der Waals surface area contributed by atoms with Gasteiger partial charge in [0, 0.05) is 5.94 Å². The van der Waals surface area contributed by atoms with Crippen molar-refractivity contribution < 1.29 is 9.31 Å². The highest BCUT2D eigenvalue weighted by Gasteiger charge is 2.51. The largest absolute Gasteiger partial charge is 0.475 e. The van der Waals surface area contributed by atoms with E-state index < -0.39 is 0 Å². The van der Waals surface area contributed by atoms with Gasteiger partial charge in [0.2, 0.25) is 0 Å². The van der Waals surface area contributed by atoms with Crippen LogP contribution in [0.2, 0.25) is 0 Å². The summed E-state index contributed by atoms with van der Waals surface area (Å²) < 4.78 is 12.2. The van der Waals surface area contributed by atoms with Gasteiger partial charge >= 0.3 is 7.12 Å². The quantitative estimate of drug-likeness (QED) is 0.795. The van der Waals surface area contributed by atoms with Gasteiger partial charge in [-0.2, -0.15) is 0 Å². The summed E-state index contributed by atoms with van der Waals surface area (Å²) >= 11 is 0. The Morgan fingerprint density at radius 2 is 2.00 bits per heavy atom. The van der Waals surface area contributed by atoms with E-state index in [0.29, 0.717) is 11.3 Å². The van der Waals surface area contributed by atoms with Crippen molar-refractivity contribution in [1.29, 1.82) is 0 Å². The van der Waals surface area contributed by atoms with Crippen LogP contribution in [0, 0.1) is 17.3 Å². The molecule has 19 heavy (non-hydrogen) atoms. The standard InChI is InChI=1S/C15H28BNO2/c1-10-14(12-7-8-15(12,2)3)19-16(18-10)13(17)9-11-5-4-6-11/h10-14H,4-9,17H2,1-3H3. The maximum atomic E-state index is 6.29. The van der Waals surface area contributed by atoms with E-state index in [1.165, 1.54) is 32.1 Å². The second-order valence-electron chi connectivity index (χ2n) is 7.64. The van der Waals surface area contributed by atoms with E-state index in [1.54, 1.807) is 0 Å². The average molecular weight is 265 g/mol. The van der Waals surface area contributed by atoms with Gasteiger partial charge in [-0.05, 0) is 43.4 Å². The van der Waals surface area contributed by atoms with Crippen LogP contribution >= 0.6 is 0 Å². The lowest BCUT2D eigenvalue weighted by Gasteiger charge is -2.48. The number of hydrogen-bond donors (Lipinski definition) is 1. The van der Waals surface area contributed by atoms with Gasteiger partial charge < -0.3 is 15.0 Å². The normalized spacial score (nSPS) is 39.8. The van der Waals surface area contributed by atoms with Gasteiger partial charge in [0.05, 0.1) is 12.2 Å². The van der Waals surface area contributed by atoms with Crippen LogP contribution in [0.15, 0.2) is 0 Å². The van der Waals surface area contributed by atoms with Crippen molar-refractivity contribution in [3.05, 3.63) is 0 Å². The number of rotatable bonds is 4. The van der Waals surface area contributed by atoms with E-state index >= 15 is 0 Å². The van der Waals surface area contributed by atoms with Crippen molar-refractivity contribution in [2.45, 2.75) is 77.4 Å². The molecule has 3 nitrogen and oxygen atoms in total. The Hall–Kier alpha value is -0.0551. The SMILES string of the molecule is CC1OB(C(N)CC2CCC2)OC1C1CCC1(C)C.